The number of hydrogen-bond donors (Lipinski definition) is 0. The van der Waals surface area contributed by atoms with Crippen molar-refractivity contribution in [2.24, 2.45) is 10.9 Å². The van der Waals surface area contributed by atoms with Gasteiger partial charge >= 0.3 is 5.97 Å². The molecule has 1 atom stereocenters. The maximum atomic E-state index is 12.3. The maximum absolute atomic E-state index is 12.3. The molecule has 0 aliphatic heterocycles. The lowest BCUT2D eigenvalue weighted by molar-refractivity contribution is -0.157. The summed E-state index contributed by atoms with van der Waals surface area (Å²) in [6.07, 6.45) is 7.70. The van der Waals surface area contributed by atoms with Gasteiger partial charge in [-0.1, -0.05) is 23.8 Å². The number of allylic oxidation sites excluding steroid dienone is 5. The van der Waals surface area contributed by atoms with E-state index in [1.807, 2.05) is 66.7 Å². The van der Waals surface area contributed by atoms with Gasteiger partial charge in [0.1, 0.15) is 5.60 Å². The maximum Gasteiger partial charge on any atom is 0.313 e. The van der Waals surface area contributed by atoms with Crippen LogP contribution < -0.4 is 0 Å². The van der Waals surface area contributed by atoms with Gasteiger partial charge in [-0.3, -0.25) is 9.79 Å². The highest BCUT2D eigenvalue weighted by Crippen LogP contribution is 2.23. The lowest BCUT2D eigenvalue weighted by atomic mass is 9.93. The Morgan fingerprint density at radius 3 is 2.14 bits per heavy atom. The normalized spacial score (nSPS) is 15.0. The van der Waals surface area contributed by atoms with Crippen LogP contribution in [0.25, 0.3) is 0 Å². The highest BCUT2D eigenvalue weighted by molar-refractivity contribution is 5.89. The highest BCUT2D eigenvalue weighted by atomic mass is 16.6. The van der Waals surface area contributed by atoms with Crippen molar-refractivity contribution in [1.29, 1.82) is 0 Å². The van der Waals surface area contributed by atoms with Crippen LogP contribution >= 0.6 is 0 Å². The molecule has 0 aliphatic rings. The average Bonchev–Trinajstić information content (AvgIpc) is 2.34. The van der Waals surface area contributed by atoms with Crippen molar-refractivity contribution in [2.45, 2.75) is 54.1 Å². The Balaban J connectivity index is 5.55. The SMILES string of the molecule is C/C=C(C=NC)\C(=C\C=C(C)C)C(C)C(=O)OC(C)(C)C. The van der Waals surface area contributed by atoms with Crippen LogP contribution in [0, 0.1) is 5.92 Å². The Labute approximate surface area is 129 Å². The van der Waals surface area contributed by atoms with Gasteiger partial charge in [0.25, 0.3) is 0 Å². The molecule has 0 saturated heterocycles. The molecule has 0 rings (SSSR count). The van der Waals surface area contributed by atoms with Crippen molar-refractivity contribution >= 4 is 12.2 Å². The van der Waals surface area contributed by atoms with E-state index in [9.17, 15) is 4.79 Å². The molecule has 0 bridgehead atoms. The minimum atomic E-state index is -0.484. The molecule has 0 aromatic carbocycles. The quantitative estimate of drug-likeness (QED) is 0.425. The molecule has 1 unspecified atom stereocenters. The zero-order valence-electron chi connectivity index (χ0n) is 14.7. The summed E-state index contributed by atoms with van der Waals surface area (Å²) in [6.45, 7) is 13.5. The predicted molar refractivity (Wildman–Crippen MR) is 90.7 cm³/mol. The van der Waals surface area contributed by atoms with Crippen molar-refractivity contribution in [3.05, 3.63) is 34.9 Å². The highest BCUT2D eigenvalue weighted by Gasteiger charge is 2.25. The predicted octanol–water partition coefficient (Wildman–Crippen LogP) is 4.50. The van der Waals surface area contributed by atoms with Gasteiger partial charge in [-0.25, -0.2) is 0 Å². The van der Waals surface area contributed by atoms with Crippen molar-refractivity contribution < 1.29 is 9.53 Å². The third-order valence-corrected chi connectivity index (χ3v) is 2.74. The molecule has 0 spiro atoms. The molecule has 0 amide bonds. The van der Waals surface area contributed by atoms with Gasteiger partial charge in [-0.15, -0.1) is 0 Å². The molecule has 0 fully saturated rings. The summed E-state index contributed by atoms with van der Waals surface area (Å²) < 4.78 is 5.49. The number of hydrogen-bond acceptors (Lipinski definition) is 3. The van der Waals surface area contributed by atoms with Crippen molar-refractivity contribution in [2.75, 3.05) is 7.05 Å². The fourth-order valence-corrected chi connectivity index (χ4v) is 1.72. The van der Waals surface area contributed by atoms with E-state index < -0.39 is 5.60 Å². The molecule has 3 heteroatoms. The van der Waals surface area contributed by atoms with Crippen LogP contribution in [-0.4, -0.2) is 24.8 Å². The zero-order chi connectivity index (χ0) is 16.6. The second-order valence-corrected chi connectivity index (χ2v) is 6.25. The van der Waals surface area contributed by atoms with Crippen molar-refractivity contribution in [3.8, 4) is 0 Å². The fraction of sp³-hybridized carbons (Fsp3) is 0.556. The molecular weight excluding hydrogens is 262 g/mol. The summed E-state index contributed by atoms with van der Waals surface area (Å²) in [6, 6.07) is 0. The summed E-state index contributed by atoms with van der Waals surface area (Å²) >= 11 is 0. The van der Waals surface area contributed by atoms with Crippen LogP contribution in [0.1, 0.15) is 48.5 Å². The second-order valence-electron chi connectivity index (χ2n) is 6.25. The van der Waals surface area contributed by atoms with Gasteiger partial charge in [0, 0.05) is 13.3 Å². The minimum Gasteiger partial charge on any atom is -0.460 e. The van der Waals surface area contributed by atoms with Crippen LogP contribution in [0.3, 0.4) is 0 Å². The van der Waals surface area contributed by atoms with Gasteiger partial charge < -0.3 is 4.74 Å². The molecule has 0 aromatic rings. The number of ether oxygens (including phenoxy) is 1. The van der Waals surface area contributed by atoms with Crippen LogP contribution in [-0.2, 0) is 9.53 Å². The molecule has 3 nitrogen and oxygen atoms in total. The average molecular weight is 291 g/mol. The van der Waals surface area contributed by atoms with E-state index in [1.165, 1.54) is 5.57 Å². The van der Waals surface area contributed by atoms with Crippen LogP contribution in [0.15, 0.2) is 39.9 Å². The van der Waals surface area contributed by atoms with Crippen LogP contribution in [0.4, 0.5) is 0 Å². The molecule has 0 radical (unpaired) electrons. The smallest absolute Gasteiger partial charge is 0.313 e. The number of nitrogens with zero attached hydrogens (tertiary/aromatic N) is 1. The van der Waals surface area contributed by atoms with E-state index in [0.717, 1.165) is 11.1 Å². The Bertz CT molecular complexity index is 470. The Hall–Kier alpha value is -1.64. The molecule has 21 heavy (non-hydrogen) atoms. The molecule has 118 valence electrons. The first-order chi connectivity index (χ1) is 9.62. The number of carbonyl (C=O) groups is 1. The Morgan fingerprint density at radius 1 is 1.19 bits per heavy atom. The van der Waals surface area contributed by atoms with E-state index in [1.54, 1.807) is 13.3 Å². The Morgan fingerprint density at radius 2 is 1.76 bits per heavy atom. The van der Waals surface area contributed by atoms with E-state index in [2.05, 4.69) is 4.99 Å². The third kappa shape index (κ3) is 7.64. The van der Waals surface area contributed by atoms with E-state index in [0.29, 0.717) is 0 Å². The van der Waals surface area contributed by atoms with Gasteiger partial charge in [0.2, 0.25) is 0 Å². The number of rotatable bonds is 5. The molecule has 0 N–H and O–H groups in total. The summed E-state index contributed by atoms with van der Waals surface area (Å²) in [7, 11) is 1.72. The topological polar surface area (TPSA) is 38.7 Å². The van der Waals surface area contributed by atoms with E-state index in [4.69, 9.17) is 4.74 Å². The number of aliphatic imine (C=N–C) groups is 1. The summed E-state index contributed by atoms with van der Waals surface area (Å²) in [4.78, 5) is 16.4. The van der Waals surface area contributed by atoms with Gasteiger partial charge in [-0.2, -0.15) is 0 Å². The molecule has 0 aliphatic carbocycles. The van der Waals surface area contributed by atoms with Crippen LogP contribution in [0.2, 0.25) is 0 Å². The van der Waals surface area contributed by atoms with Gasteiger partial charge in [-0.05, 0) is 59.6 Å². The minimum absolute atomic E-state index is 0.222. The first-order valence-electron chi connectivity index (χ1n) is 7.29. The molecule has 0 heterocycles. The summed E-state index contributed by atoms with van der Waals surface area (Å²) in [5.41, 5.74) is 2.54. The lowest BCUT2D eigenvalue weighted by Crippen LogP contribution is -2.28. The van der Waals surface area contributed by atoms with E-state index >= 15 is 0 Å². The van der Waals surface area contributed by atoms with Gasteiger partial charge in [0.15, 0.2) is 0 Å². The molecular formula is C18H29NO2. The van der Waals surface area contributed by atoms with Gasteiger partial charge in [0.05, 0.1) is 5.92 Å². The first kappa shape index (κ1) is 19.4. The van der Waals surface area contributed by atoms with Crippen molar-refractivity contribution in [3.63, 3.8) is 0 Å². The second kappa shape index (κ2) is 8.60. The van der Waals surface area contributed by atoms with Crippen LogP contribution in [0.5, 0.6) is 0 Å². The molecule has 0 saturated carbocycles. The fourth-order valence-electron chi connectivity index (χ4n) is 1.72. The first-order valence-corrected chi connectivity index (χ1v) is 7.29. The van der Waals surface area contributed by atoms with E-state index in [-0.39, 0.29) is 11.9 Å². The monoisotopic (exact) mass is 291 g/mol. The summed E-state index contributed by atoms with van der Waals surface area (Å²) in [5.74, 6) is -0.566. The largest absolute Gasteiger partial charge is 0.460 e. The number of esters is 1. The molecule has 0 aromatic heterocycles. The van der Waals surface area contributed by atoms with Crippen molar-refractivity contribution in [1.82, 2.24) is 0 Å². The zero-order valence-corrected chi connectivity index (χ0v) is 14.7. The number of carbonyl (C=O) groups excluding carboxylic acids is 1. The summed E-state index contributed by atoms with van der Waals surface area (Å²) in [5, 5.41) is 0. The third-order valence-electron chi connectivity index (χ3n) is 2.74. The Kier molecular flexibility index (Phi) is 7.93. The standard InChI is InChI=1S/C18H29NO2/c1-9-15(12-19-8)16(11-10-13(2)3)14(4)17(20)21-18(5,6)7/h9-12,14H,1-8H3/b15-9-,16-11+,19-12?. The lowest BCUT2D eigenvalue weighted by Gasteiger charge is -2.23.